The van der Waals surface area contributed by atoms with Gasteiger partial charge in [0.25, 0.3) is 0 Å². The average molecular weight is 271 g/mol. The molecule has 0 fully saturated rings. The fraction of sp³-hybridized carbons (Fsp3) is 0.250. The van der Waals surface area contributed by atoms with E-state index in [9.17, 15) is 4.79 Å². The van der Waals surface area contributed by atoms with Crippen LogP contribution in [0.25, 0.3) is 0 Å². The van der Waals surface area contributed by atoms with Crippen LogP contribution >= 0.6 is 0 Å². The van der Waals surface area contributed by atoms with Crippen molar-refractivity contribution >= 4 is 5.78 Å². The molecule has 0 aliphatic carbocycles. The van der Waals surface area contributed by atoms with Crippen molar-refractivity contribution in [2.24, 2.45) is 0 Å². The van der Waals surface area contributed by atoms with Crippen LogP contribution in [-0.4, -0.2) is 25.0 Å². The number of benzene rings is 1. The molecular weight excluding hydrogens is 254 g/mol. The van der Waals surface area contributed by atoms with Gasteiger partial charge >= 0.3 is 0 Å². The molecule has 2 aromatic rings. The predicted octanol–water partition coefficient (Wildman–Crippen LogP) is 2.95. The second-order valence-electron chi connectivity index (χ2n) is 4.53. The lowest BCUT2D eigenvalue weighted by Crippen LogP contribution is -2.07. The topological polar surface area (TPSA) is 48.4 Å². The molecule has 0 unspecified atom stereocenters. The van der Waals surface area contributed by atoms with Crippen LogP contribution in [0.3, 0.4) is 0 Å². The third-order valence-electron chi connectivity index (χ3n) is 3.20. The fourth-order valence-corrected chi connectivity index (χ4v) is 2.13. The van der Waals surface area contributed by atoms with Crippen LogP contribution in [-0.2, 0) is 0 Å². The summed E-state index contributed by atoms with van der Waals surface area (Å²) < 4.78 is 10.4. The summed E-state index contributed by atoms with van der Waals surface area (Å²) in [6.45, 7) is 3.80. The van der Waals surface area contributed by atoms with Gasteiger partial charge in [-0.1, -0.05) is 0 Å². The monoisotopic (exact) mass is 271 g/mol. The van der Waals surface area contributed by atoms with Gasteiger partial charge < -0.3 is 9.47 Å². The zero-order valence-corrected chi connectivity index (χ0v) is 12.1. The van der Waals surface area contributed by atoms with Crippen LogP contribution in [0.15, 0.2) is 30.5 Å². The van der Waals surface area contributed by atoms with Gasteiger partial charge in [0.1, 0.15) is 5.75 Å². The highest BCUT2D eigenvalue weighted by molar-refractivity contribution is 6.11. The zero-order valence-electron chi connectivity index (χ0n) is 12.1. The molecule has 104 valence electrons. The number of hydrogen-bond donors (Lipinski definition) is 0. The molecule has 0 saturated carbocycles. The summed E-state index contributed by atoms with van der Waals surface area (Å²) in [5.41, 5.74) is 2.88. The molecule has 0 aliphatic heterocycles. The number of aryl methyl sites for hydroxylation is 2. The molecule has 0 amide bonds. The van der Waals surface area contributed by atoms with Gasteiger partial charge in [-0.3, -0.25) is 4.79 Å². The van der Waals surface area contributed by atoms with Gasteiger partial charge in [0.2, 0.25) is 5.88 Å². The van der Waals surface area contributed by atoms with Crippen molar-refractivity contribution in [3.8, 4) is 11.6 Å². The summed E-state index contributed by atoms with van der Waals surface area (Å²) in [6, 6.07) is 7.14. The first-order valence-corrected chi connectivity index (χ1v) is 6.27. The van der Waals surface area contributed by atoms with Crippen LogP contribution < -0.4 is 9.47 Å². The van der Waals surface area contributed by atoms with E-state index in [1.165, 1.54) is 7.11 Å². The summed E-state index contributed by atoms with van der Waals surface area (Å²) in [6.07, 6.45) is 1.60. The number of rotatable bonds is 4. The molecule has 1 heterocycles. The molecule has 0 bridgehead atoms. The Morgan fingerprint density at radius 1 is 1.05 bits per heavy atom. The molecular formula is C16H17NO3. The van der Waals surface area contributed by atoms with Crippen LogP contribution in [0, 0.1) is 13.8 Å². The third-order valence-corrected chi connectivity index (χ3v) is 3.20. The molecule has 0 aliphatic rings. The minimum atomic E-state index is -0.0989. The summed E-state index contributed by atoms with van der Waals surface area (Å²) >= 11 is 0. The second kappa shape index (κ2) is 5.74. The predicted molar refractivity (Wildman–Crippen MR) is 76.7 cm³/mol. The Morgan fingerprint density at radius 2 is 1.80 bits per heavy atom. The first kappa shape index (κ1) is 14.1. The molecule has 0 radical (unpaired) electrons. The van der Waals surface area contributed by atoms with E-state index in [1.54, 1.807) is 25.4 Å². The quantitative estimate of drug-likeness (QED) is 0.802. The number of pyridine rings is 1. The minimum Gasteiger partial charge on any atom is -0.496 e. The van der Waals surface area contributed by atoms with Crippen LogP contribution in [0.2, 0.25) is 0 Å². The van der Waals surface area contributed by atoms with Crippen molar-refractivity contribution in [2.45, 2.75) is 13.8 Å². The van der Waals surface area contributed by atoms with Crippen molar-refractivity contribution < 1.29 is 14.3 Å². The maximum Gasteiger partial charge on any atom is 0.224 e. The van der Waals surface area contributed by atoms with Gasteiger partial charge in [0.15, 0.2) is 5.78 Å². The van der Waals surface area contributed by atoms with Crippen molar-refractivity contribution in [1.82, 2.24) is 4.98 Å². The summed E-state index contributed by atoms with van der Waals surface area (Å²) in [5.74, 6) is 1.01. The van der Waals surface area contributed by atoms with E-state index in [0.717, 1.165) is 16.9 Å². The number of ether oxygens (including phenoxy) is 2. The molecule has 0 N–H and O–H groups in total. The van der Waals surface area contributed by atoms with Crippen LogP contribution in [0.1, 0.15) is 27.0 Å². The first-order chi connectivity index (χ1) is 9.58. The summed E-state index contributed by atoms with van der Waals surface area (Å²) in [4.78, 5) is 16.7. The zero-order chi connectivity index (χ0) is 14.7. The Bertz CT molecular complexity index is 650. The molecule has 0 saturated heterocycles. The molecule has 1 aromatic heterocycles. The van der Waals surface area contributed by atoms with Gasteiger partial charge in [-0.05, 0) is 49.2 Å². The standard InChI is InChI=1S/C16H17NO3/c1-10-9-14(19-3)11(2)8-13(10)15(18)12-6-5-7-17-16(12)20-4/h5-9H,1-4H3. The van der Waals surface area contributed by atoms with E-state index < -0.39 is 0 Å². The van der Waals surface area contributed by atoms with Crippen molar-refractivity contribution in [1.29, 1.82) is 0 Å². The van der Waals surface area contributed by atoms with Crippen LogP contribution in [0.4, 0.5) is 0 Å². The lowest BCUT2D eigenvalue weighted by Gasteiger charge is -2.11. The Hall–Kier alpha value is -2.36. The fourth-order valence-electron chi connectivity index (χ4n) is 2.13. The smallest absolute Gasteiger partial charge is 0.224 e. The number of aromatic nitrogens is 1. The van der Waals surface area contributed by atoms with Gasteiger partial charge in [0, 0.05) is 11.8 Å². The van der Waals surface area contributed by atoms with Crippen molar-refractivity contribution in [3.63, 3.8) is 0 Å². The highest BCUT2D eigenvalue weighted by Gasteiger charge is 2.18. The van der Waals surface area contributed by atoms with Gasteiger partial charge in [-0.25, -0.2) is 4.98 Å². The SMILES string of the molecule is COc1cc(C)c(C(=O)c2cccnc2OC)cc1C. The Labute approximate surface area is 118 Å². The van der Waals surface area contributed by atoms with Crippen molar-refractivity contribution in [3.05, 3.63) is 52.7 Å². The average Bonchev–Trinajstić information content (AvgIpc) is 2.48. The van der Waals surface area contributed by atoms with Crippen LogP contribution in [0.5, 0.6) is 11.6 Å². The molecule has 0 atom stereocenters. The van der Waals surface area contributed by atoms with E-state index in [0.29, 0.717) is 17.0 Å². The molecule has 1 aromatic carbocycles. The van der Waals surface area contributed by atoms with Gasteiger partial charge in [-0.15, -0.1) is 0 Å². The minimum absolute atomic E-state index is 0.0989. The second-order valence-corrected chi connectivity index (χ2v) is 4.53. The van der Waals surface area contributed by atoms with Gasteiger partial charge in [-0.2, -0.15) is 0 Å². The maximum absolute atomic E-state index is 12.6. The number of methoxy groups -OCH3 is 2. The van der Waals surface area contributed by atoms with E-state index >= 15 is 0 Å². The normalized spacial score (nSPS) is 10.2. The summed E-state index contributed by atoms with van der Waals surface area (Å²) in [5, 5.41) is 0. The Morgan fingerprint density at radius 3 is 2.45 bits per heavy atom. The lowest BCUT2D eigenvalue weighted by atomic mass is 9.97. The highest BCUT2D eigenvalue weighted by Crippen LogP contribution is 2.26. The lowest BCUT2D eigenvalue weighted by molar-refractivity contribution is 0.103. The highest BCUT2D eigenvalue weighted by atomic mass is 16.5. The number of ketones is 1. The number of carbonyl (C=O) groups excluding carboxylic acids is 1. The molecule has 20 heavy (non-hydrogen) atoms. The molecule has 4 heteroatoms. The Kier molecular flexibility index (Phi) is 4.03. The maximum atomic E-state index is 12.6. The molecule has 2 rings (SSSR count). The summed E-state index contributed by atoms with van der Waals surface area (Å²) in [7, 11) is 3.12. The van der Waals surface area contributed by atoms with E-state index in [1.807, 2.05) is 26.0 Å². The largest absolute Gasteiger partial charge is 0.496 e. The Balaban J connectivity index is 2.51. The number of carbonyl (C=O) groups is 1. The van der Waals surface area contributed by atoms with E-state index in [2.05, 4.69) is 4.98 Å². The van der Waals surface area contributed by atoms with E-state index in [4.69, 9.17) is 9.47 Å². The van der Waals surface area contributed by atoms with Crippen molar-refractivity contribution in [2.75, 3.05) is 14.2 Å². The molecule has 0 spiro atoms. The third kappa shape index (κ3) is 2.50. The number of nitrogens with zero attached hydrogens (tertiary/aromatic N) is 1. The molecule has 4 nitrogen and oxygen atoms in total. The van der Waals surface area contributed by atoms with Gasteiger partial charge in [0.05, 0.1) is 19.8 Å². The van der Waals surface area contributed by atoms with E-state index in [-0.39, 0.29) is 5.78 Å². The first-order valence-electron chi connectivity index (χ1n) is 6.27. The number of hydrogen-bond acceptors (Lipinski definition) is 4.